The van der Waals surface area contributed by atoms with Crippen molar-refractivity contribution < 1.29 is 9.90 Å². The zero-order valence-electron chi connectivity index (χ0n) is 12.1. The van der Waals surface area contributed by atoms with E-state index >= 15 is 0 Å². The van der Waals surface area contributed by atoms with Crippen LogP contribution in [0.2, 0.25) is 5.02 Å². The van der Waals surface area contributed by atoms with Crippen LogP contribution in [0.4, 0.5) is 5.69 Å². The predicted molar refractivity (Wildman–Crippen MR) is 92.8 cm³/mol. The smallest absolute Gasteiger partial charge is 0.266 e. The number of pyridine rings is 1. The van der Waals surface area contributed by atoms with Gasteiger partial charge in [-0.1, -0.05) is 23.7 Å². The van der Waals surface area contributed by atoms with Gasteiger partial charge in [-0.2, -0.15) is 0 Å². The number of hydrogen-bond acceptors (Lipinski definition) is 5. The Balaban J connectivity index is 1.91. The largest absolute Gasteiger partial charge is 0.508 e. The summed E-state index contributed by atoms with van der Waals surface area (Å²) < 4.78 is 0. The number of phenolic OH excluding ortho intramolecular Hbond substituents is 1. The fraction of sp³-hybridized carbons (Fsp3) is 0.0625. The second-order valence-electron chi connectivity index (χ2n) is 4.79. The van der Waals surface area contributed by atoms with E-state index in [1.807, 2.05) is 0 Å². The Morgan fingerprint density at radius 2 is 2.04 bits per heavy atom. The van der Waals surface area contributed by atoms with Gasteiger partial charge in [-0.25, -0.2) is 4.99 Å². The summed E-state index contributed by atoms with van der Waals surface area (Å²) in [5, 5.41) is 10.3. The lowest BCUT2D eigenvalue weighted by molar-refractivity contribution is -0.121. The fourth-order valence-electron chi connectivity index (χ4n) is 1.94. The molecule has 3 rings (SSSR count). The maximum atomic E-state index is 12.3. The summed E-state index contributed by atoms with van der Waals surface area (Å²) >= 11 is 7.32. The molecule has 1 aromatic heterocycles. The molecule has 2 heterocycles. The van der Waals surface area contributed by atoms with Crippen molar-refractivity contribution in [2.24, 2.45) is 4.99 Å². The van der Waals surface area contributed by atoms with Crippen molar-refractivity contribution in [3.63, 3.8) is 0 Å². The van der Waals surface area contributed by atoms with Gasteiger partial charge in [0.1, 0.15) is 5.75 Å². The first-order valence-corrected chi connectivity index (χ1v) is 7.89. The normalized spacial score (nSPS) is 18.2. The highest BCUT2D eigenvalue weighted by Crippen LogP contribution is 2.34. The van der Waals surface area contributed by atoms with Crippen LogP contribution in [-0.4, -0.2) is 33.1 Å². The Bertz CT molecular complexity index is 818. The number of nitrogens with zero attached hydrogens (tertiary/aromatic N) is 3. The molecule has 0 saturated carbocycles. The van der Waals surface area contributed by atoms with E-state index in [9.17, 15) is 9.90 Å². The number of likely N-dealkylation sites (N-methyl/N-ethyl adjacent to an activating group) is 1. The molecule has 0 aliphatic carbocycles. The third kappa shape index (κ3) is 3.38. The van der Waals surface area contributed by atoms with Gasteiger partial charge in [-0.05, 0) is 41.6 Å². The lowest BCUT2D eigenvalue weighted by Crippen LogP contribution is -2.23. The van der Waals surface area contributed by atoms with Gasteiger partial charge in [-0.15, -0.1) is 0 Å². The van der Waals surface area contributed by atoms with E-state index in [-0.39, 0.29) is 11.7 Å². The molecule has 0 atom stereocenters. The van der Waals surface area contributed by atoms with Crippen molar-refractivity contribution >= 4 is 46.2 Å². The van der Waals surface area contributed by atoms with Crippen LogP contribution in [0, 0.1) is 0 Å². The van der Waals surface area contributed by atoms with Crippen LogP contribution in [-0.2, 0) is 4.79 Å². The number of phenols is 1. The number of carbonyl (C=O) groups is 1. The SMILES string of the molecule is CN1C(=O)/C(=C/c2ccc(O)cc2)SC1=Nc1ccncc1Cl. The second kappa shape index (κ2) is 6.44. The molecule has 0 unspecified atom stereocenters. The quantitative estimate of drug-likeness (QED) is 0.843. The molecule has 1 aliphatic rings. The van der Waals surface area contributed by atoms with Crippen molar-refractivity contribution in [2.75, 3.05) is 7.05 Å². The Kier molecular flexibility index (Phi) is 4.36. The number of amides is 1. The third-order valence-electron chi connectivity index (χ3n) is 3.16. The van der Waals surface area contributed by atoms with Crippen LogP contribution >= 0.6 is 23.4 Å². The molecule has 0 spiro atoms. The molecule has 23 heavy (non-hydrogen) atoms. The van der Waals surface area contributed by atoms with Crippen LogP contribution in [0.3, 0.4) is 0 Å². The predicted octanol–water partition coefficient (Wildman–Crippen LogP) is 3.67. The summed E-state index contributed by atoms with van der Waals surface area (Å²) in [6, 6.07) is 8.32. The summed E-state index contributed by atoms with van der Waals surface area (Å²) in [6.07, 6.45) is 4.87. The van der Waals surface area contributed by atoms with Crippen LogP contribution in [0.1, 0.15) is 5.56 Å². The van der Waals surface area contributed by atoms with Gasteiger partial charge in [0.2, 0.25) is 0 Å². The standard InChI is InChI=1S/C16H12ClN3O2S/c1-20-15(22)14(8-10-2-4-11(21)5-3-10)23-16(20)19-13-6-7-18-9-12(13)17/h2-9,21H,1H3/b14-8-,19-16?. The molecule has 0 bridgehead atoms. The molecule has 1 aromatic carbocycles. The highest BCUT2D eigenvalue weighted by molar-refractivity contribution is 8.18. The minimum Gasteiger partial charge on any atom is -0.508 e. The number of carbonyl (C=O) groups excluding carboxylic acids is 1. The number of amidine groups is 1. The van der Waals surface area contributed by atoms with Crippen molar-refractivity contribution in [3.8, 4) is 5.75 Å². The molecule has 1 aliphatic heterocycles. The van der Waals surface area contributed by atoms with Crippen LogP contribution in [0.25, 0.3) is 6.08 Å². The van der Waals surface area contributed by atoms with Crippen molar-refractivity contribution in [1.29, 1.82) is 0 Å². The van der Waals surface area contributed by atoms with Crippen LogP contribution < -0.4 is 0 Å². The van der Waals surface area contributed by atoms with Crippen LogP contribution in [0.15, 0.2) is 52.6 Å². The van der Waals surface area contributed by atoms with Gasteiger partial charge >= 0.3 is 0 Å². The maximum Gasteiger partial charge on any atom is 0.266 e. The van der Waals surface area contributed by atoms with E-state index in [4.69, 9.17) is 11.6 Å². The molecule has 1 N–H and O–H groups in total. The van der Waals surface area contributed by atoms with E-state index in [0.29, 0.717) is 20.8 Å². The summed E-state index contributed by atoms with van der Waals surface area (Å²) in [4.78, 5) is 22.7. The Hall–Kier alpha value is -2.31. The van der Waals surface area contributed by atoms with E-state index in [1.54, 1.807) is 49.7 Å². The number of benzene rings is 1. The summed E-state index contributed by atoms with van der Waals surface area (Å²) in [6.45, 7) is 0. The van der Waals surface area contributed by atoms with Crippen LogP contribution in [0.5, 0.6) is 5.75 Å². The first-order valence-electron chi connectivity index (χ1n) is 6.69. The average Bonchev–Trinajstić information content (AvgIpc) is 2.80. The molecular weight excluding hydrogens is 334 g/mol. The molecule has 1 amide bonds. The number of rotatable bonds is 2. The van der Waals surface area contributed by atoms with Crippen molar-refractivity contribution in [3.05, 3.63) is 58.2 Å². The Morgan fingerprint density at radius 3 is 2.74 bits per heavy atom. The number of aliphatic imine (C=N–C) groups is 1. The van der Waals surface area contributed by atoms with Crippen molar-refractivity contribution in [1.82, 2.24) is 9.88 Å². The lowest BCUT2D eigenvalue weighted by Gasteiger charge is -2.07. The highest BCUT2D eigenvalue weighted by atomic mass is 35.5. The monoisotopic (exact) mass is 345 g/mol. The van der Waals surface area contributed by atoms with Gasteiger partial charge in [-0.3, -0.25) is 14.7 Å². The average molecular weight is 346 g/mol. The summed E-state index contributed by atoms with van der Waals surface area (Å²) in [5.74, 6) is 0.0521. The van der Waals surface area contributed by atoms with Gasteiger partial charge in [0.05, 0.1) is 15.6 Å². The molecule has 1 fully saturated rings. The first-order chi connectivity index (χ1) is 11.0. The minimum atomic E-state index is -0.132. The minimum absolute atomic E-state index is 0.132. The summed E-state index contributed by atoms with van der Waals surface area (Å²) in [7, 11) is 1.67. The highest BCUT2D eigenvalue weighted by Gasteiger charge is 2.30. The number of aromatic nitrogens is 1. The maximum absolute atomic E-state index is 12.3. The molecule has 7 heteroatoms. The van der Waals surface area contributed by atoms with Gasteiger partial charge in [0, 0.05) is 19.4 Å². The van der Waals surface area contributed by atoms with Crippen molar-refractivity contribution in [2.45, 2.75) is 0 Å². The van der Waals surface area contributed by atoms with E-state index in [2.05, 4.69) is 9.98 Å². The fourth-order valence-corrected chi connectivity index (χ4v) is 3.08. The third-order valence-corrected chi connectivity index (χ3v) is 4.51. The molecule has 2 aromatic rings. The van der Waals surface area contributed by atoms with E-state index in [1.165, 1.54) is 22.9 Å². The number of thioether (sulfide) groups is 1. The number of hydrogen-bond donors (Lipinski definition) is 1. The number of aromatic hydroxyl groups is 1. The Morgan fingerprint density at radius 1 is 1.30 bits per heavy atom. The molecular formula is C16H12ClN3O2S. The summed E-state index contributed by atoms with van der Waals surface area (Å²) in [5.41, 5.74) is 1.39. The topological polar surface area (TPSA) is 65.8 Å². The molecule has 0 radical (unpaired) electrons. The number of halogens is 1. The molecule has 116 valence electrons. The van der Waals surface area contributed by atoms with Gasteiger partial charge in [0.15, 0.2) is 5.17 Å². The molecule has 5 nitrogen and oxygen atoms in total. The van der Waals surface area contributed by atoms with E-state index in [0.717, 1.165) is 5.56 Å². The Labute approximate surface area is 142 Å². The zero-order valence-corrected chi connectivity index (χ0v) is 13.7. The zero-order chi connectivity index (χ0) is 16.4. The first kappa shape index (κ1) is 15.6. The second-order valence-corrected chi connectivity index (χ2v) is 6.20. The van der Waals surface area contributed by atoms with E-state index < -0.39 is 0 Å². The molecule has 1 saturated heterocycles. The van der Waals surface area contributed by atoms with Gasteiger partial charge < -0.3 is 5.11 Å². The lowest BCUT2D eigenvalue weighted by atomic mass is 10.2. The van der Waals surface area contributed by atoms with Gasteiger partial charge in [0.25, 0.3) is 5.91 Å².